The van der Waals surface area contributed by atoms with Crippen molar-refractivity contribution >= 4 is 0 Å². The van der Waals surface area contributed by atoms with E-state index in [9.17, 15) is 0 Å². The molecule has 4 heterocycles. The Labute approximate surface area is 169 Å². The monoisotopic (exact) mass is 385 g/mol. The van der Waals surface area contributed by atoms with Gasteiger partial charge in [0, 0.05) is 45.2 Å². The van der Waals surface area contributed by atoms with Gasteiger partial charge in [0.15, 0.2) is 0 Å². The van der Waals surface area contributed by atoms with Gasteiger partial charge in [-0.25, -0.2) is 0 Å². The lowest BCUT2D eigenvalue weighted by atomic mass is 9.94. The third kappa shape index (κ3) is 4.23. The molecule has 5 rings (SSSR count). The molecule has 0 saturated carbocycles. The van der Waals surface area contributed by atoms with E-state index in [1.54, 1.807) is 0 Å². The van der Waals surface area contributed by atoms with Crippen molar-refractivity contribution in [3.63, 3.8) is 0 Å². The summed E-state index contributed by atoms with van der Waals surface area (Å²) in [4.78, 5) is 7.81. The lowest BCUT2D eigenvalue weighted by Crippen LogP contribution is -2.48. The number of rotatable bonds is 5. The van der Waals surface area contributed by atoms with Crippen LogP contribution in [0.3, 0.4) is 0 Å². The molecule has 0 spiro atoms. The Hall–Kier alpha value is -1.14. The van der Waals surface area contributed by atoms with Gasteiger partial charge in [0.2, 0.25) is 0 Å². The fraction of sp³-hybridized carbons (Fsp3) is 0.739. The summed E-state index contributed by atoms with van der Waals surface area (Å²) in [6.07, 6.45) is 6.26. The van der Waals surface area contributed by atoms with Gasteiger partial charge in [-0.3, -0.25) is 14.7 Å². The second-order valence-corrected chi connectivity index (χ2v) is 9.21. The third-order valence-electron chi connectivity index (χ3n) is 7.29. The van der Waals surface area contributed by atoms with E-state index in [-0.39, 0.29) is 5.60 Å². The molecule has 2 unspecified atom stereocenters. The average molecular weight is 386 g/mol. The van der Waals surface area contributed by atoms with Gasteiger partial charge in [-0.2, -0.15) is 0 Å². The number of nitrogens with zero attached hydrogens (tertiary/aromatic N) is 3. The predicted octanol–water partition coefficient (Wildman–Crippen LogP) is 2.60. The Morgan fingerprint density at radius 1 is 0.929 bits per heavy atom. The Bertz CT molecular complexity index is 634. The van der Waals surface area contributed by atoms with Crippen LogP contribution in [-0.4, -0.2) is 85.4 Å². The Morgan fingerprint density at radius 3 is 2.50 bits per heavy atom. The van der Waals surface area contributed by atoms with Gasteiger partial charge >= 0.3 is 0 Å². The van der Waals surface area contributed by atoms with Crippen LogP contribution in [-0.2, 0) is 11.3 Å². The summed E-state index contributed by atoms with van der Waals surface area (Å²) in [6.45, 7) is 11.1. The van der Waals surface area contributed by atoms with Gasteiger partial charge in [0.05, 0.1) is 13.2 Å². The summed E-state index contributed by atoms with van der Waals surface area (Å²) in [5.74, 6) is 1.05. The molecule has 4 saturated heterocycles. The molecule has 5 heteroatoms. The van der Waals surface area contributed by atoms with Crippen molar-refractivity contribution in [3.05, 3.63) is 29.8 Å². The van der Waals surface area contributed by atoms with Crippen LogP contribution in [0.25, 0.3) is 0 Å². The van der Waals surface area contributed by atoms with E-state index in [4.69, 9.17) is 9.47 Å². The van der Waals surface area contributed by atoms with Crippen molar-refractivity contribution in [2.45, 2.75) is 50.3 Å². The number of hydrogen-bond donors (Lipinski definition) is 0. The molecule has 154 valence electrons. The van der Waals surface area contributed by atoms with Crippen LogP contribution in [0.1, 0.15) is 37.7 Å². The number of hydrogen-bond acceptors (Lipinski definition) is 5. The predicted molar refractivity (Wildman–Crippen MR) is 111 cm³/mol. The molecular weight excluding hydrogens is 350 g/mol. The fourth-order valence-corrected chi connectivity index (χ4v) is 5.64. The van der Waals surface area contributed by atoms with Crippen molar-refractivity contribution in [3.8, 4) is 5.75 Å². The van der Waals surface area contributed by atoms with Crippen LogP contribution in [0, 0.1) is 0 Å². The van der Waals surface area contributed by atoms with E-state index in [1.165, 1.54) is 63.8 Å². The van der Waals surface area contributed by atoms with Crippen LogP contribution in [0.15, 0.2) is 24.3 Å². The molecule has 4 fully saturated rings. The number of fused-ring (bicyclic) bond motifs is 2. The Morgan fingerprint density at radius 2 is 1.71 bits per heavy atom. The van der Waals surface area contributed by atoms with Crippen LogP contribution in [0.4, 0.5) is 0 Å². The van der Waals surface area contributed by atoms with Gasteiger partial charge in [-0.1, -0.05) is 12.1 Å². The second-order valence-electron chi connectivity index (χ2n) is 9.21. The van der Waals surface area contributed by atoms with Crippen molar-refractivity contribution in [1.29, 1.82) is 0 Å². The van der Waals surface area contributed by atoms with Gasteiger partial charge in [0.25, 0.3) is 0 Å². The zero-order valence-corrected chi connectivity index (χ0v) is 17.2. The highest BCUT2D eigenvalue weighted by Crippen LogP contribution is 2.35. The molecule has 0 amide bonds. The minimum absolute atomic E-state index is 0.0845. The molecule has 4 aliphatic heterocycles. The highest BCUT2D eigenvalue weighted by molar-refractivity contribution is 5.28. The van der Waals surface area contributed by atoms with Crippen LogP contribution >= 0.6 is 0 Å². The Balaban J connectivity index is 1.11. The first-order chi connectivity index (χ1) is 13.8. The first-order valence-corrected chi connectivity index (χ1v) is 11.3. The maximum atomic E-state index is 6.49. The van der Waals surface area contributed by atoms with E-state index >= 15 is 0 Å². The van der Waals surface area contributed by atoms with Crippen molar-refractivity contribution in [1.82, 2.24) is 14.7 Å². The van der Waals surface area contributed by atoms with E-state index in [2.05, 4.69) is 39.0 Å². The molecule has 2 atom stereocenters. The summed E-state index contributed by atoms with van der Waals surface area (Å²) in [7, 11) is 0. The topological polar surface area (TPSA) is 28.2 Å². The average Bonchev–Trinajstić information content (AvgIpc) is 3.04. The Kier molecular flexibility index (Phi) is 5.60. The molecule has 1 aromatic rings. The molecule has 0 aromatic heterocycles. The van der Waals surface area contributed by atoms with E-state index in [0.29, 0.717) is 0 Å². The minimum atomic E-state index is 0.0845. The van der Waals surface area contributed by atoms with Crippen molar-refractivity contribution in [2.24, 2.45) is 0 Å². The minimum Gasteiger partial charge on any atom is -0.486 e. The third-order valence-corrected chi connectivity index (χ3v) is 7.29. The number of ether oxygens (including phenoxy) is 2. The molecule has 28 heavy (non-hydrogen) atoms. The number of likely N-dealkylation sites (tertiary alicyclic amines) is 1. The van der Waals surface area contributed by atoms with E-state index < -0.39 is 0 Å². The number of piperidine rings is 2. The fourth-order valence-electron chi connectivity index (χ4n) is 5.64. The summed E-state index contributed by atoms with van der Waals surface area (Å²) >= 11 is 0. The molecule has 5 nitrogen and oxygen atoms in total. The SMILES string of the molecule is c1cc(OC23CCCN(CC2)C3)ccc1CN1CCC(N2CCOCC2)CC1. The van der Waals surface area contributed by atoms with Crippen LogP contribution in [0.2, 0.25) is 0 Å². The maximum Gasteiger partial charge on any atom is 0.123 e. The summed E-state index contributed by atoms with van der Waals surface area (Å²) in [6, 6.07) is 9.70. The number of benzene rings is 1. The van der Waals surface area contributed by atoms with E-state index in [0.717, 1.165) is 51.2 Å². The molecular formula is C23H35N3O2. The standard InChI is InChI=1S/C23H35N3O2/c1-8-23(9-13-25(10-1)19-23)28-22-4-2-20(3-5-22)18-24-11-6-21(7-12-24)26-14-16-27-17-15-26/h2-5,21H,1,6-19H2. The van der Waals surface area contributed by atoms with Crippen molar-refractivity contribution in [2.75, 3.05) is 59.0 Å². The highest BCUT2D eigenvalue weighted by atomic mass is 16.5. The summed E-state index contributed by atoms with van der Waals surface area (Å²) in [5.41, 5.74) is 1.49. The first kappa shape index (κ1) is 18.9. The second kappa shape index (κ2) is 8.31. The normalized spacial score (nSPS) is 32.5. The van der Waals surface area contributed by atoms with Crippen molar-refractivity contribution < 1.29 is 9.47 Å². The highest BCUT2D eigenvalue weighted by Gasteiger charge is 2.42. The summed E-state index contributed by atoms with van der Waals surface area (Å²) < 4.78 is 12.0. The maximum absolute atomic E-state index is 6.49. The lowest BCUT2D eigenvalue weighted by Gasteiger charge is -2.40. The lowest BCUT2D eigenvalue weighted by molar-refractivity contribution is 0.000224. The number of morpholine rings is 1. The molecule has 2 bridgehead atoms. The van der Waals surface area contributed by atoms with Gasteiger partial charge < -0.3 is 9.47 Å². The first-order valence-electron chi connectivity index (χ1n) is 11.3. The van der Waals surface area contributed by atoms with Gasteiger partial charge in [-0.05, 0) is 63.0 Å². The zero-order chi connectivity index (χ0) is 18.8. The quantitative estimate of drug-likeness (QED) is 0.777. The molecule has 0 radical (unpaired) electrons. The summed E-state index contributed by atoms with van der Waals surface area (Å²) in [5, 5.41) is 0. The molecule has 0 aliphatic carbocycles. The van der Waals surface area contributed by atoms with Gasteiger partial charge in [-0.15, -0.1) is 0 Å². The smallest absolute Gasteiger partial charge is 0.123 e. The largest absolute Gasteiger partial charge is 0.486 e. The van der Waals surface area contributed by atoms with Crippen LogP contribution < -0.4 is 4.74 Å². The van der Waals surface area contributed by atoms with E-state index in [1.807, 2.05) is 0 Å². The zero-order valence-electron chi connectivity index (χ0n) is 17.2. The molecule has 1 aromatic carbocycles. The molecule has 0 N–H and O–H groups in total. The molecule has 4 aliphatic rings. The van der Waals surface area contributed by atoms with Gasteiger partial charge in [0.1, 0.15) is 11.4 Å². The van der Waals surface area contributed by atoms with Crippen LogP contribution in [0.5, 0.6) is 5.75 Å².